The Morgan fingerprint density at radius 2 is 1.32 bits per heavy atom. The second-order valence-corrected chi connectivity index (χ2v) is 17.1. The first-order chi connectivity index (χ1) is 27.5. The molecule has 2 heteroatoms. The number of nitrogens with zero attached hydrogens (tertiary/aromatic N) is 1. The molecule has 0 saturated heterocycles. The van der Waals surface area contributed by atoms with E-state index in [1.165, 1.54) is 91.7 Å². The number of anilines is 2. The van der Waals surface area contributed by atoms with Gasteiger partial charge in [-0.3, -0.25) is 0 Å². The molecule has 1 aromatic heterocycles. The molecular weight excluding hydrogens is 695 g/mol. The minimum absolute atomic E-state index is 0.0475. The molecule has 0 radical (unpaired) electrons. The van der Waals surface area contributed by atoms with Gasteiger partial charge in [-0.2, -0.15) is 0 Å². The van der Waals surface area contributed by atoms with Crippen molar-refractivity contribution < 1.29 is 0 Å². The zero-order valence-electron chi connectivity index (χ0n) is 31.7. The SMILES string of the molecule is CC1C=Cc2ccc3sc4cc(N(C5=CCC(C)(c6ccccc6)C=C5)c5ccc(-c6ccc7c(ccc8ccc9ccccc9c87)c6)cc5)ccc4c3c2C1. The van der Waals surface area contributed by atoms with Crippen molar-refractivity contribution in [3.05, 3.63) is 198 Å². The maximum atomic E-state index is 2.45. The monoisotopic (exact) mass is 735 g/mol. The van der Waals surface area contributed by atoms with E-state index < -0.39 is 0 Å². The number of hydrogen-bond acceptors (Lipinski definition) is 2. The van der Waals surface area contributed by atoms with Gasteiger partial charge < -0.3 is 4.90 Å². The number of hydrogen-bond donors (Lipinski definition) is 0. The molecule has 0 spiro atoms. The van der Waals surface area contributed by atoms with E-state index in [1.54, 1.807) is 0 Å². The molecule has 1 nitrogen and oxygen atoms in total. The second-order valence-electron chi connectivity index (χ2n) is 16.0. The minimum atomic E-state index is -0.0475. The fourth-order valence-electron chi connectivity index (χ4n) is 9.30. The maximum Gasteiger partial charge on any atom is 0.0475 e. The first-order valence-corrected chi connectivity index (χ1v) is 20.7. The molecule has 0 aliphatic heterocycles. The largest absolute Gasteiger partial charge is 0.311 e. The lowest BCUT2D eigenvalue weighted by Gasteiger charge is -2.33. The van der Waals surface area contributed by atoms with Gasteiger partial charge >= 0.3 is 0 Å². The van der Waals surface area contributed by atoms with Crippen LogP contribution in [-0.2, 0) is 11.8 Å². The number of rotatable bonds is 5. The van der Waals surface area contributed by atoms with Crippen molar-refractivity contribution in [2.45, 2.75) is 32.1 Å². The predicted molar refractivity (Wildman–Crippen MR) is 243 cm³/mol. The summed E-state index contributed by atoms with van der Waals surface area (Å²) in [7, 11) is 0. The summed E-state index contributed by atoms with van der Waals surface area (Å²) < 4.78 is 2.71. The molecule has 11 rings (SSSR count). The lowest BCUT2D eigenvalue weighted by Crippen LogP contribution is -2.24. The zero-order chi connectivity index (χ0) is 37.4. The average Bonchev–Trinajstić information content (AvgIpc) is 3.63. The maximum absolute atomic E-state index is 2.45. The zero-order valence-corrected chi connectivity index (χ0v) is 32.5. The van der Waals surface area contributed by atoms with Crippen LogP contribution in [0.1, 0.15) is 37.0 Å². The topological polar surface area (TPSA) is 3.24 Å². The Morgan fingerprint density at radius 1 is 0.589 bits per heavy atom. The third kappa shape index (κ3) is 5.43. The van der Waals surface area contributed by atoms with Crippen LogP contribution < -0.4 is 4.90 Å². The van der Waals surface area contributed by atoms with E-state index in [0.717, 1.165) is 18.5 Å². The number of thiophene rings is 1. The molecule has 1 heterocycles. The number of allylic oxidation sites excluding steroid dienone is 4. The summed E-state index contributed by atoms with van der Waals surface area (Å²) in [4.78, 5) is 2.45. The van der Waals surface area contributed by atoms with Gasteiger partial charge in [0.15, 0.2) is 0 Å². The van der Waals surface area contributed by atoms with Gasteiger partial charge in [0, 0.05) is 42.7 Å². The van der Waals surface area contributed by atoms with Crippen LogP contribution in [0.5, 0.6) is 0 Å². The van der Waals surface area contributed by atoms with Crippen molar-refractivity contribution in [3.8, 4) is 11.1 Å². The first-order valence-electron chi connectivity index (χ1n) is 19.9. The highest BCUT2D eigenvalue weighted by Gasteiger charge is 2.27. The van der Waals surface area contributed by atoms with E-state index in [2.05, 4.69) is 201 Å². The normalized spacial score (nSPS) is 17.9. The number of benzene rings is 8. The first kappa shape index (κ1) is 33.1. The quantitative estimate of drug-likeness (QED) is 0.159. The molecule has 8 aromatic carbocycles. The van der Waals surface area contributed by atoms with Gasteiger partial charge in [0.1, 0.15) is 0 Å². The van der Waals surface area contributed by atoms with Gasteiger partial charge in [0.05, 0.1) is 0 Å². The van der Waals surface area contributed by atoms with E-state index in [1.807, 2.05) is 11.3 Å². The molecule has 0 bridgehead atoms. The van der Waals surface area contributed by atoms with Gasteiger partial charge in [-0.05, 0) is 121 Å². The van der Waals surface area contributed by atoms with Crippen LogP contribution in [0.4, 0.5) is 11.4 Å². The van der Waals surface area contributed by atoms with Crippen LogP contribution in [-0.4, -0.2) is 0 Å². The molecule has 2 unspecified atom stereocenters. The molecule has 2 atom stereocenters. The van der Waals surface area contributed by atoms with Crippen LogP contribution in [0.15, 0.2) is 182 Å². The van der Waals surface area contributed by atoms with Gasteiger partial charge in [0.2, 0.25) is 0 Å². The van der Waals surface area contributed by atoms with Gasteiger partial charge in [-0.25, -0.2) is 0 Å². The van der Waals surface area contributed by atoms with Crippen molar-refractivity contribution in [2.75, 3.05) is 4.90 Å². The van der Waals surface area contributed by atoms with E-state index in [4.69, 9.17) is 0 Å². The van der Waals surface area contributed by atoms with E-state index in [9.17, 15) is 0 Å². The summed E-state index contributed by atoms with van der Waals surface area (Å²) >= 11 is 1.92. The standard InChI is InChI=1S/C54H41NS/c1-35-12-13-38-21-27-50-53(49(38)32-35)48-26-24-45(34-51(48)56-50)55(44-28-30-54(2,31-29-44)42-9-4-3-5-10-42)43-22-18-36(19-23-43)40-20-25-47-41(33-40)17-16-39-15-14-37-8-6-7-11-46(37)52(39)47/h3-30,33-35H,31-32H2,1-2H3. The van der Waals surface area contributed by atoms with Crippen LogP contribution in [0.25, 0.3) is 69.7 Å². The highest BCUT2D eigenvalue weighted by Crippen LogP contribution is 2.44. The van der Waals surface area contributed by atoms with E-state index in [0.29, 0.717) is 5.92 Å². The van der Waals surface area contributed by atoms with Crippen molar-refractivity contribution in [1.82, 2.24) is 0 Å². The van der Waals surface area contributed by atoms with Crippen molar-refractivity contribution in [2.24, 2.45) is 5.92 Å². The summed E-state index contributed by atoms with van der Waals surface area (Å²) in [5.74, 6) is 0.558. The van der Waals surface area contributed by atoms with Crippen molar-refractivity contribution >= 4 is 81.3 Å². The molecule has 56 heavy (non-hydrogen) atoms. The fraction of sp³-hybridized carbons (Fsp3) is 0.111. The average molecular weight is 736 g/mol. The predicted octanol–water partition coefficient (Wildman–Crippen LogP) is 15.3. The highest BCUT2D eigenvalue weighted by molar-refractivity contribution is 7.25. The second kappa shape index (κ2) is 12.9. The summed E-state index contributed by atoms with van der Waals surface area (Å²) in [6, 6.07) is 56.5. The van der Waals surface area contributed by atoms with Crippen LogP contribution in [0.2, 0.25) is 0 Å². The Balaban J connectivity index is 0.998. The van der Waals surface area contributed by atoms with Gasteiger partial charge in [-0.1, -0.05) is 153 Å². The lowest BCUT2D eigenvalue weighted by atomic mass is 9.77. The molecule has 2 aliphatic carbocycles. The van der Waals surface area contributed by atoms with Crippen molar-refractivity contribution in [3.63, 3.8) is 0 Å². The third-order valence-corrected chi connectivity index (χ3v) is 13.5. The lowest BCUT2D eigenvalue weighted by molar-refractivity contribution is 0.595. The van der Waals surface area contributed by atoms with E-state index >= 15 is 0 Å². The summed E-state index contributed by atoms with van der Waals surface area (Å²) in [6.07, 6.45) is 13.9. The smallest absolute Gasteiger partial charge is 0.0475 e. The Kier molecular flexibility index (Phi) is 7.66. The molecule has 2 aliphatic rings. The minimum Gasteiger partial charge on any atom is -0.311 e. The molecule has 0 saturated carbocycles. The Bertz CT molecular complexity index is 3110. The molecule has 0 fully saturated rings. The Labute approximate surface area is 332 Å². The molecule has 268 valence electrons. The highest BCUT2D eigenvalue weighted by atomic mass is 32.1. The third-order valence-electron chi connectivity index (χ3n) is 12.4. The molecule has 0 N–H and O–H groups in total. The van der Waals surface area contributed by atoms with Crippen molar-refractivity contribution in [1.29, 1.82) is 0 Å². The van der Waals surface area contributed by atoms with Crippen LogP contribution in [0.3, 0.4) is 0 Å². The number of fused-ring (bicyclic) bond motifs is 10. The summed E-state index contributed by atoms with van der Waals surface area (Å²) in [5, 5.41) is 10.6. The summed E-state index contributed by atoms with van der Waals surface area (Å²) in [5.41, 5.74) is 10.1. The van der Waals surface area contributed by atoms with Gasteiger partial charge in [-0.15, -0.1) is 11.3 Å². The Morgan fingerprint density at radius 3 is 2.16 bits per heavy atom. The van der Waals surface area contributed by atoms with Crippen LogP contribution >= 0.6 is 11.3 Å². The van der Waals surface area contributed by atoms with E-state index in [-0.39, 0.29) is 5.41 Å². The summed E-state index contributed by atoms with van der Waals surface area (Å²) in [6.45, 7) is 4.67. The van der Waals surface area contributed by atoms with Crippen LogP contribution in [0, 0.1) is 5.92 Å². The molecule has 0 amide bonds. The molecular formula is C54H41NS. The van der Waals surface area contributed by atoms with Gasteiger partial charge in [0.25, 0.3) is 0 Å². The Hall–Kier alpha value is -6.22. The fourth-order valence-corrected chi connectivity index (χ4v) is 10.5. The molecule has 9 aromatic rings.